The van der Waals surface area contributed by atoms with Crippen molar-refractivity contribution in [3.8, 4) is 0 Å². The first-order chi connectivity index (χ1) is 9.90. The van der Waals surface area contributed by atoms with Gasteiger partial charge >= 0.3 is 0 Å². The lowest BCUT2D eigenvalue weighted by Crippen LogP contribution is -2.11. The normalized spacial score (nSPS) is 15.2. The number of fused-ring (bicyclic) bond motifs is 5. The molecule has 0 amide bonds. The summed E-state index contributed by atoms with van der Waals surface area (Å²) >= 11 is 0. The molecule has 0 fully saturated rings. The molecule has 0 bridgehead atoms. The largest absolute Gasteiger partial charge is 0.355 e. The van der Waals surface area contributed by atoms with Crippen LogP contribution < -0.4 is 10.7 Å². The Hall–Kier alpha value is -2.35. The predicted molar refractivity (Wildman–Crippen MR) is 80.3 cm³/mol. The number of H-pyrrole nitrogens is 1. The topological polar surface area (TPSA) is 28.1 Å². The Balaban J connectivity index is 2.00. The highest BCUT2D eigenvalue weighted by Crippen LogP contribution is 2.27. The molecule has 1 aliphatic heterocycles. The summed E-state index contributed by atoms with van der Waals surface area (Å²) in [4.78, 5) is 8.35. The molecule has 0 saturated heterocycles. The van der Waals surface area contributed by atoms with Crippen LogP contribution in [0.2, 0.25) is 0 Å². The van der Waals surface area contributed by atoms with Crippen molar-refractivity contribution >= 4 is 22.7 Å². The van der Waals surface area contributed by atoms with E-state index in [1.807, 2.05) is 0 Å². The lowest BCUT2D eigenvalue weighted by atomic mass is 10.0. The highest BCUT2D eigenvalue weighted by molar-refractivity contribution is 5.87. The second-order valence-corrected chi connectivity index (χ2v) is 5.66. The first-order valence-corrected chi connectivity index (χ1v) is 7.23. The van der Waals surface area contributed by atoms with Crippen molar-refractivity contribution in [2.45, 2.75) is 19.3 Å². The minimum absolute atomic E-state index is 1.09. The molecule has 0 saturated carbocycles. The Bertz CT molecular complexity index is 1070. The first kappa shape index (κ1) is 10.4. The molecule has 2 heterocycles. The Morgan fingerprint density at radius 1 is 1.05 bits per heavy atom. The number of rotatable bonds is 0. The van der Waals surface area contributed by atoms with Gasteiger partial charge in [0.1, 0.15) is 0 Å². The summed E-state index contributed by atoms with van der Waals surface area (Å²) in [6.07, 6.45) is 5.95. The molecule has 96 valence electrons. The Morgan fingerprint density at radius 2 is 2.00 bits per heavy atom. The minimum atomic E-state index is 1.09. The zero-order valence-corrected chi connectivity index (χ0v) is 11.1. The minimum Gasteiger partial charge on any atom is -0.355 e. The summed E-state index contributed by atoms with van der Waals surface area (Å²) in [7, 11) is 0. The Labute approximate surface area is 115 Å². The fourth-order valence-electron chi connectivity index (χ4n) is 3.51. The second kappa shape index (κ2) is 3.60. The van der Waals surface area contributed by atoms with Gasteiger partial charge in [-0.15, -0.1) is 0 Å². The van der Waals surface area contributed by atoms with Gasteiger partial charge in [-0.2, -0.15) is 0 Å². The number of hydrogen-bond donors (Lipinski definition) is 1. The maximum atomic E-state index is 4.77. The molecular weight excluding hydrogens is 244 g/mol. The summed E-state index contributed by atoms with van der Waals surface area (Å²) < 4.78 is 0. The molecular formula is C18H14N2. The molecule has 2 nitrogen and oxygen atoms in total. The van der Waals surface area contributed by atoms with Gasteiger partial charge in [0.2, 0.25) is 0 Å². The van der Waals surface area contributed by atoms with Crippen LogP contribution in [0.5, 0.6) is 0 Å². The van der Waals surface area contributed by atoms with Gasteiger partial charge in [0.15, 0.2) is 0 Å². The summed E-state index contributed by atoms with van der Waals surface area (Å²) in [5.74, 6) is 0. The molecule has 0 spiro atoms. The molecule has 2 heteroatoms. The molecule has 1 aromatic heterocycles. The third-order valence-corrected chi connectivity index (χ3v) is 4.47. The molecule has 2 aromatic carbocycles. The second-order valence-electron chi connectivity index (χ2n) is 5.66. The van der Waals surface area contributed by atoms with E-state index >= 15 is 0 Å². The van der Waals surface area contributed by atoms with Crippen LogP contribution in [0, 0.1) is 10.4 Å². The van der Waals surface area contributed by atoms with E-state index in [0.717, 1.165) is 11.0 Å². The first-order valence-electron chi connectivity index (χ1n) is 7.23. The maximum Gasteiger partial charge on any atom is 0.0723 e. The van der Waals surface area contributed by atoms with E-state index in [9.17, 15) is 0 Å². The van der Waals surface area contributed by atoms with Crippen molar-refractivity contribution in [1.82, 2.24) is 4.98 Å². The summed E-state index contributed by atoms with van der Waals surface area (Å²) in [6.45, 7) is 0. The Morgan fingerprint density at radius 3 is 3.00 bits per heavy atom. The average Bonchev–Trinajstić information content (AvgIpc) is 3.02. The van der Waals surface area contributed by atoms with Crippen LogP contribution in [0.4, 0.5) is 5.69 Å². The smallest absolute Gasteiger partial charge is 0.0723 e. The average molecular weight is 258 g/mol. The molecule has 5 rings (SSSR count). The molecule has 20 heavy (non-hydrogen) atoms. The number of aromatic amines is 1. The number of aromatic nitrogens is 1. The van der Waals surface area contributed by atoms with Gasteiger partial charge in [0.05, 0.1) is 11.0 Å². The molecule has 1 aliphatic carbocycles. The third-order valence-electron chi connectivity index (χ3n) is 4.47. The standard InChI is InChI=1S/C18H14N2/c1-3-7-15-11(5-1)13-9-18-14(10-17(13)19-15)12-6-2-4-8-16(12)20-18/h1,3,5,7-10,20H,2,4,6H2. The maximum absolute atomic E-state index is 4.77. The zero-order valence-electron chi connectivity index (χ0n) is 11.1. The predicted octanol–water partition coefficient (Wildman–Crippen LogP) is 2.84. The molecule has 0 unspecified atom stereocenters. The third kappa shape index (κ3) is 1.26. The van der Waals surface area contributed by atoms with Crippen molar-refractivity contribution in [3.63, 3.8) is 0 Å². The number of para-hydroxylation sites is 1. The fraction of sp³-hybridized carbons (Fsp3) is 0.167. The van der Waals surface area contributed by atoms with E-state index in [4.69, 9.17) is 4.99 Å². The van der Waals surface area contributed by atoms with Gasteiger partial charge in [-0.1, -0.05) is 24.3 Å². The summed E-state index contributed by atoms with van der Waals surface area (Å²) in [5, 5.41) is 6.28. The van der Waals surface area contributed by atoms with E-state index < -0.39 is 0 Å². The molecule has 0 atom stereocenters. The molecule has 0 radical (unpaired) electrons. The van der Waals surface area contributed by atoms with Crippen LogP contribution in [0.3, 0.4) is 0 Å². The fourth-order valence-corrected chi connectivity index (χ4v) is 3.51. The van der Waals surface area contributed by atoms with Gasteiger partial charge in [-0.25, -0.2) is 4.99 Å². The number of benzene rings is 2. The van der Waals surface area contributed by atoms with Crippen LogP contribution in [0.1, 0.15) is 18.4 Å². The van der Waals surface area contributed by atoms with Gasteiger partial charge in [0, 0.05) is 26.7 Å². The van der Waals surface area contributed by atoms with Gasteiger partial charge in [0.25, 0.3) is 0 Å². The van der Waals surface area contributed by atoms with E-state index in [1.54, 1.807) is 0 Å². The molecule has 3 aromatic rings. The van der Waals surface area contributed by atoms with E-state index in [1.165, 1.54) is 51.5 Å². The number of nitrogens with one attached hydrogen (secondary N) is 1. The van der Waals surface area contributed by atoms with Crippen LogP contribution in [0.15, 0.2) is 41.4 Å². The van der Waals surface area contributed by atoms with Gasteiger partial charge in [-0.05, 0) is 43.0 Å². The SMILES string of the molecule is C1=c2[nH]c3cc4c(cc3c2CCC1)N=c1ccccc1=4. The van der Waals surface area contributed by atoms with E-state index in [-0.39, 0.29) is 0 Å². The highest BCUT2D eigenvalue weighted by Gasteiger charge is 2.13. The number of hydrogen-bond acceptors (Lipinski definition) is 1. The van der Waals surface area contributed by atoms with Crippen LogP contribution in [0.25, 0.3) is 17.0 Å². The number of aryl methyl sites for hydroxylation is 1. The van der Waals surface area contributed by atoms with E-state index in [0.29, 0.717) is 0 Å². The summed E-state index contributed by atoms with van der Waals surface area (Å²) in [6, 6.07) is 12.9. The Kier molecular flexibility index (Phi) is 1.88. The van der Waals surface area contributed by atoms with Crippen molar-refractivity contribution < 1.29 is 0 Å². The lowest BCUT2D eigenvalue weighted by molar-refractivity contribution is 0.838. The van der Waals surface area contributed by atoms with Gasteiger partial charge in [-0.3, -0.25) is 0 Å². The summed E-state index contributed by atoms with van der Waals surface area (Å²) in [5.41, 5.74) is 3.84. The quantitative estimate of drug-likeness (QED) is 0.502. The molecule has 2 aliphatic rings. The molecule has 1 N–H and O–H groups in total. The van der Waals surface area contributed by atoms with Crippen LogP contribution in [-0.2, 0) is 6.42 Å². The monoisotopic (exact) mass is 258 g/mol. The zero-order chi connectivity index (χ0) is 13.1. The van der Waals surface area contributed by atoms with Crippen LogP contribution >= 0.6 is 0 Å². The van der Waals surface area contributed by atoms with Crippen molar-refractivity contribution in [2.24, 2.45) is 4.99 Å². The lowest BCUT2D eigenvalue weighted by Gasteiger charge is -2.03. The van der Waals surface area contributed by atoms with Crippen molar-refractivity contribution in [3.05, 3.63) is 63.1 Å². The van der Waals surface area contributed by atoms with E-state index in [2.05, 4.69) is 47.5 Å². The highest BCUT2D eigenvalue weighted by atomic mass is 14.8. The number of nitrogens with zero attached hydrogens (tertiary/aromatic N) is 1. The van der Waals surface area contributed by atoms with Gasteiger partial charge < -0.3 is 4.98 Å². The van der Waals surface area contributed by atoms with Crippen molar-refractivity contribution in [1.29, 1.82) is 0 Å². The van der Waals surface area contributed by atoms with Crippen molar-refractivity contribution in [2.75, 3.05) is 0 Å². The van der Waals surface area contributed by atoms with Crippen LogP contribution in [-0.4, -0.2) is 4.98 Å².